The summed E-state index contributed by atoms with van der Waals surface area (Å²) in [5.41, 5.74) is 0. The van der Waals surface area contributed by atoms with Crippen LogP contribution in [0.15, 0.2) is 18.7 Å². The second-order valence-corrected chi connectivity index (χ2v) is 5.27. The van der Waals surface area contributed by atoms with Gasteiger partial charge in [-0.25, -0.2) is 4.98 Å². The highest BCUT2D eigenvalue weighted by atomic mass is 35.5. The van der Waals surface area contributed by atoms with Gasteiger partial charge in [0, 0.05) is 25.5 Å². The van der Waals surface area contributed by atoms with Gasteiger partial charge in [0.05, 0.1) is 0 Å². The van der Waals surface area contributed by atoms with Gasteiger partial charge >= 0.3 is 0 Å². The van der Waals surface area contributed by atoms with Crippen molar-refractivity contribution in [1.29, 1.82) is 0 Å². The lowest BCUT2D eigenvalue weighted by Gasteiger charge is -2.24. The molecule has 106 valence electrons. The maximum absolute atomic E-state index is 6.04. The summed E-state index contributed by atoms with van der Waals surface area (Å²) in [6.45, 7) is 1.95. The fraction of sp³-hybridized carbons (Fsp3) is 0.538. The van der Waals surface area contributed by atoms with Crippen molar-refractivity contribution in [3.8, 4) is 5.95 Å². The smallest absolute Gasteiger partial charge is 0.241 e. The van der Waals surface area contributed by atoms with E-state index in [9.17, 15) is 0 Å². The zero-order valence-corrected chi connectivity index (χ0v) is 12.0. The molecule has 1 aliphatic rings. The van der Waals surface area contributed by atoms with E-state index in [1.54, 1.807) is 23.3 Å². The number of nitrogens with zero attached hydrogens (tertiary/aromatic N) is 6. The highest BCUT2D eigenvalue weighted by Crippen LogP contribution is 2.18. The van der Waals surface area contributed by atoms with Crippen LogP contribution in [-0.4, -0.2) is 37.6 Å². The van der Waals surface area contributed by atoms with Crippen molar-refractivity contribution in [2.24, 2.45) is 0 Å². The number of imidazole rings is 1. The van der Waals surface area contributed by atoms with Gasteiger partial charge in [-0.1, -0.05) is 19.3 Å². The van der Waals surface area contributed by atoms with Crippen molar-refractivity contribution in [3.05, 3.63) is 24.0 Å². The molecule has 1 aliphatic heterocycles. The van der Waals surface area contributed by atoms with E-state index in [2.05, 4.69) is 24.8 Å². The van der Waals surface area contributed by atoms with Gasteiger partial charge in [0.25, 0.3) is 0 Å². The second-order valence-electron chi connectivity index (χ2n) is 4.93. The third-order valence-electron chi connectivity index (χ3n) is 3.46. The van der Waals surface area contributed by atoms with E-state index in [0.29, 0.717) is 11.9 Å². The molecule has 20 heavy (non-hydrogen) atoms. The van der Waals surface area contributed by atoms with E-state index in [1.807, 2.05) is 0 Å². The second kappa shape index (κ2) is 6.17. The number of hydrogen-bond acceptors (Lipinski definition) is 5. The summed E-state index contributed by atoms with van der Waals surface area (Å²) in [4.78, 5) is 19.1. The summed E-state index contributed by atoms with van der Waals surface area (Å²) >= 11 is 6.04. The average molecular weight is 293 g/mol. The van der Waals surface area contributed by atoms with Crippen LogP contribution in [0.5, 0.6) is 0 Å². The standard InChI is InChI=1S/C13H17ClN6/c14-11-16-12(19-7-4-2-1-3-5-8-19)18-13(17-11)20-9-6-15-10-20/h6,9-10H,1-5,7-8H2. The Morgan fingerprint density at radius 1 is 0.900 bits per heavy atom. The highest BCUT2D eigenvalue weighted by molar-refractivity contribution is 6.28. The number of hydrogen-bond donors (Lipinski definition) is 0. The number of rotatable bonds is 2. The third-order valence-corrected chi connectivity index (χ3v) is 3.63. The van der Waals surface area contributed by atoms with Gasteiger partial charge in [0.2, 0.25) is 17.2 Å². The van der Waals surface area contributed by atoms with Crippen LogP contribution in [0.3, 0.4) is 0 Å². The van der Waals surface area contributed by atoms with Gasteiger partial charge in [-0.2, -0.15) is 15.0 Å². The molecule has 0 amide bonds. The number of anilines is 1. The molecule has 0 aromatic carbocycles. The third kappa shape index (κ3) is 3.07. The van der Waals surface area contributed by atoms with E-state index in [0.717, 1.165) is 13.1 Å². The Labute approximate surface area is 122 Å². The summed E-state index contributed by atoms with van der Waals surface area (Å²) in [5.74, 6) is 1.18. The Balaban J connectivity index is 1.88. The summed E-state index contributed by atoms with van der Waals surface area (Å²) in [7, 11) is 0. The van der Waals surface area contributed by atoms with Crippen molar-refractivity contribution < 1.29 is 0 Å². The van der Waals surface area contributed by atoms with Crippen LogP contribution >= 0.6 is 11.6 Å². The van der Waals surface area contributed by atoms with Gasteiger partial charge in [0.1, 0.15) is 6.33 Å². The van der Waals surface area contributed by atoms with Crippen molar-refractivity contribution in [2.75, 3.05) is 18.0 Å². The molecular weight excluding hydrogens is 276 g/mol. The Morgan fingerprint density at radius 3 is 2.30 bits per heavy atom. The van der Waals surface area contributed by atoms with Gasteiger partial charge in [-0.15, -0.1) is 0 Å². The highest BCUT2D eigenvalue weighted by Gasteiger charge is 2.14. The number of aromatic nitrogens is 5. The van der Waals surface area contributed by atoms with Crippen LogP contribution in [0, 0.1) is 0 Å². The van der Waals surface area contributed by atoms with Crippen molar-refractivity contribution >= 4 is 17.5 Å². The minimum atomic E-state index is 0.223. The monoisotopic (exact) mass is 292 g/mol. The van der Waals surface area contributed by atoms with Gasteiger partial charge < -0.3 is 4.90 Å². The predicted molar refractivity (Wildman–Crippen MR) is 77.3 cm³/mol. The molecule has 3 rings (SSSR count). The lowest BCUT2D eigenvalue weighted by molar-refractivity contribution is 0.549. The summed E-state index contributed by atoms with van der Waals surface area (Å²) in [6, 6.07) is 0. The van der Waals surface area contributed by atoms with Crippen molar-refractivity contribution in [2.45, 2.75) is 32.1 Å². The molecular formula is C13H17ClN6. The Bertz CT molecular complexity index is 548. The summed E-state index contributed by atoms with van der Waals surface area (Å²) in [6.07, 6.45) is 11.3. The molecule has 0 atom stereocenters. The SMILES string of the molecule is Clc1nc(N2CCCCCCC2)nc(-n2ccnc2)n1. The maximum atomic E-state index is 6.04. The normalized spacial score (nSPS) is 16.8. The van der Waals surface area contributed by atoms with Crippen molar-refractivity contribution in [3.63, 3.8) is 0 Å². The molecule has 6 nitrogen and oxygen atoms in total. The van der Waals surface area contributed by atoms with Crippen LogP contribution in [0.2, 0.25) is 5.28 Å². The van der Waals surface area contributed by atoms with Gasteiger partial charge in [-0.05, 0) is 24.4 Å². The molecule has 0 radical (unpaired) electrons. The molecule has 0 spiro atoms. The predicted octanol–water partition coefficient (Wildman–Crippen LogP) is 2.48. The first kappa shape index (κ1) is 13.3. The molecule has 0 unspecified atom stereocenters. The maximum Gasteiger partial charge on any atom is 0.241 e. The Kier molecular flexibility index (Phi) is 4.11. The zero-order chi connectivity index (χ0) is 13.8. The minimum Gasteiger partial charge on any atom is -0.341 e. The molecule has 7 heteroatoms. The quantitative estimate of drug-likeness (QED) is 0.851. The van der Waals surface area contributed by atoms with Crippen LogP contribution < -0.4 is 4.90 Å². The average Bonchev–Trinajstić information content (AvgIpc) is 2.91. The molecule has 0 bridgehead atoms. The zero-order valence-electron chi connectivity index (χ0n) is 11.2. The molecule has 1 saturated heterocycles. The van der Waals surface area contributed by atoms with Gasteiger partial charge in [-0.3, -0.25) is 4.57 Å². The summed E-state index contributed by atoms with van der Waals surface area (Å²) in [5, 5.41) is 0.223. The molecule has 0 aliphatic carbocycles. The fourth-order valence-corrected chi connectivity index (χ4v) is 2.56. The first-order chi connectivity index (χ1) is 9.83. The van der Waals surface area contributed by atoms with Crippen LogP contribution in [0.1, 0.15) is 32.1 Å². The van der Waals surface area contributed by atoms with E-state index >= 15 is 0 Å². The lowest BCUT2D eigenvalue weighted by Crippen LogP contribution is -2.29. The minimum absolute atomic E-state index is 0.223. The topological polar surface area (TPSA) is 59.7 Å². The lowest BCUT2D eigenvalue weighted by atomic mass is 10.1. The molecule has 2 aromatic heterocycles. The van der Waals surface area contributed by atoms with E-state index in [-0.39, 0.29) is 5.28 Å². The molecule has 2 aromatic rings. The van der Waals surface area contributed by atoms with Crippen molar-refractivity contribution in [1.82, 2.24) is 24.5 Å². The number of halogens is 1. The molecule has 1 fully saturated rings. The largest absolute Gasteiger partial charge is 0.341 e. The van der Waals surface area contributed by atoms with Crippen LogP contribution in [-0.2, 0) is 0 Å². The first-order valence-electron chi connectivity index (χ1n) is 6.98. The first-order valence-corrected chi connectivity index (χ1v) is 7.35. The molecule has 0 saturated carbocycles. The van der Waals surface area contributed by atoms with E-state index in [4.69, 9.17) is 11.6 Å². The Morgan fingerprint density at radius 2 is 1.60 bits per heavy atom. The molecule has 3 heterocycles. The fourth-order valence-electron chi connectivity index (χ4n) is 2.41. The Hall–Kier alpha value is -1.69. The summed E-state index contributed by atoms with van der Waals surface area (Å²) < 4.78 is 1.74. The van der Waals surface area contributed by atoms with Crippen LogP contribution in [0.25, 0.3) is 5.95 Å². The molecule has 0 N–H and O–H groups in total. The van der Waals surface area contributed by atoms with E-state index in [1.165, 1.54) is 32.1 Å². The van der Waals surface area contributed by atoms with E-state index < -0.39 is 0 Å². The van der Waals surface area contributed by atoms with Crippen LogP contribution in [0.4, 0.5) is 5.95 Å². The van der Waals surface area contributed by atoms with Gasteiger partial charge in [0.15, 0.2) is 0 Å².